The molecule has 0 fully saturated rings. The topological polar surface area (TPSA) is 54.7 Å². The fourth-order valence-electron chi connectivity index (χ4n) is 1.37. The summed E-state index contributed by atoms with van der Waals surface area (Å²) in [5.41, 5.74) is 0.769. The molecule has 2 aromatic rings. The van der Waals surface area contributed by atoms with Gasteiger partial charge in [-0.3, -0.25) is 0 Å². The fraction of sp³-hybridized carbons (Fsp3) is 0.300. The highest BCUT2D eigenvalue weighted by Gasteiger charge is 2.22. The fourth-order valence-corrected chi connectivity index (χ4v) is 2.49. The maximum absolute atomic E-state index is 12.0. The molecule has 2 heterocycles. The van der Waals surface area contributed by atoms with Crippen molar-refractivity contribution in [2.45, 2.75) is 11.9 Å². The Labute approximate surface area is 94.4 Å². The van der Waals surface area contributed by atoms with Gasteiger partial charge in [0.05, 0.1) is 5.52 Å². The van der Waals surface area contributed by atoms with E-state index in [9.17, 15) is 8.42 Å². The van der Waals surface area contributed by atoms with Crippen LogP contribution < -0.4 is 0 Å². The molecule has 2 aromatic heterocycles. The van der Waals surface area contributed by atoms with Gasteiger partial charge in [-0.1, -0.05) is 13.0 Å². The van der Waals surface area contributed by atoms with Gasteiger partial charge in [0.15, 0.2) is 5.03 Å². The van der Waals surface area contributed by atoms with Crippen molar-refractivity contribution in [2.75, 3.05) is 13.6 Å². The van der Waals surface area contributed by atoms with E-state index in [0.29, 0.717) is 6.54 Å². The molecule has 6 heteroatoms. The van der Waals surface area contributed by atoms with Gasteiger partial charge in [0, 0.05) is 25.9 Å². The maximum atomic E-state index is 12.0. The average molecular weight is 239 g/mol. The van der Waals surface area contributed by atoms with Crippen LogP contribution in [0, 0.1) is 0 Å². The molecule has 0 atom stereocenters. The van der Waals surface area contributed by atoms with Crippen molar-refractivity contribution in [1.29, 1.82) is 0 Å². The summed E-state index contributed by atoms with van der Waals surface area (Å²) in [6, 6.07) is 7.04. The van der Waals surface area contributed by atoms with E-state index in [1.165, 1.54) is 4.31 Å². The van der Waals surface area contributed by atoms with Gasteiger partial charge in [-0.2, -0.15) is 9.40 Å². The lowest BCUT2D eigenvalue weighted by Crippen LogP contribution is -2.26. The minimum Gasteiger partial charge on any atom is -0.240 e. The van der Waals surface area contributed by atoms with Gasteiger partial charge in [0.2, 0.25) is 0 Å². The summed E-state index contributed by atoms with van der Waals surface area (Å²) in [5.74, 6) is 0. The van der Waals surface area contributed by atoms with Crippen LogP contribution in [-0.2, 0) is 10.0 Å². The Bertz CT molecular complexity index is 570. The molecular weight excluding hydrogens is 226 g/mol. The molecule has 16 heavy (non-hydrogen) atoms. The minimum atomic E-state index is -3.45. The number of nitrogens with zero attached hydrogens (tertiary/aromatic N) is 3. The van der Waals surface area contributed by atoms with E-state index >= 15 is 0 Å². The molecule has 0 aromatic carbocycles. The van der Waals surface area contributed by atoms with Crippen molar-refractivity contribution in [1.82, 2.24) is 13.9 Å². The van der Waals surface area contributed by atoms with Crippen LogP contribution in [0.5, 0.6) is 0 Å². The summed E-state index contributed by atoms with van der Waals surface area (Å²) in [5, 5.41) is 4.13. The second-order valence-electron chi connectivity index (χ2n) is 3.47. The number of sulfonamides is 1. The highest BCUT2D eigenvalue weighted by molar-refractivity contribution is 7.89. The predicted molar refractivity (Wildman–Crippen MR) is 60.7 cm³/mol. The first-order chi connectivity index (χ1) is 7.55. The molecule has 0 aliphatic carbocycles. The molecule has 0 amide bonds. The molecule has 0 saturated carbocycles. The van der Waals surface area contributed by atoms with E-state index in [0.717, 1.165) is 5.52 Å². The van der Waals surface area contributed by atoms with Gasteiger partial charge < -0.3 is 0 Å². The summed E-state index contributed by atoms with van der Waals surface area (Å²) in [4.78, 5) is 0. The van der Waals surface area contributed by atoms with Gasteiger partial charge in [-0.15, -0.1) is 0 Å². The van der Waals surface area contributed by atoms with Gasteiger partial charge >= 0.3 is 0 Å². The summed E-state index contributed by atoms with van der Waals surface area (Å²) >= 11 is 0. The molecule has 0 radical (unpaired) electrons. The third-order valence-corrected chi connectivity index (χ3v) is 4.27. The molecule has 0 N–H and O–H groups in total. The molecule has 0 saturated heterocycles. The zero-order valence-electron chi connectivity index (χ0n) is 9.16. The second kappa shape index (κ2) is 3.88. The smallest absolute Gasteiger partial charge is 0.240 e. The third kappa shape index (κ3) is 1.70. The molecule has 0 aliphatic rings. The average Bonchev–Trinajstić information content (AvgIpc) is 2.72. The van der Waals surface area contributed by atoms with E-state index in [4.69, 9.17) is 0 Å². The Morgan fingerprint density at radius 1 is 1.44 bits per heavy atom. The predicted octanol–water partition coefficient (Wildman–Crippen LogP) is 0.975. The Hall–Kier alpha value is -1.40. The van der Waals surface area contributed by atoms with E-state index in [1.54, 1.807) is 36.8 Å². The molecule has 5 nitrogen and oxygen atoms in total. The normalized spacial score (nSPS) is 12.4. The van der Waals surface area contributed by atoms with Crippen LogP contribution in [-0.4, -0.2) is 35.9 Å². The number of rotatable bonds is 3. The molecule has 0 bridgehead atoms. The monoisotopic (exact) mass is 239 g/mol. The summed E-state index contributed by atoms with van der Waals surface area (Å²) in [6.45, 7) is 2.21. The summed E-state index contributed by atoms with van der Waals surface area (Å²) in [7, 11) is -1.91. The van der Waals surface area contributed by atoms with E-state index in [-0.39, 0.29) is 5.03 Å². The van der Waals surface area contributed by atoms with Crippen LogP contribution in [0.25, 0.3) is 5.52 Å². The molecule has 2 rings (SSSR count). The molecule has 86 valence electrons. The van der Waals surface area contributed by atoms with Crippen LogP contribution in [0.1, 0.15) is 6.92 Å². The van der Waals surface area contributed by atoms with E-state index in [1.807, 2.05) is 12.1 Å². The van der Waals surface area contributed by atoms with Crippen LogP contribution >= 0.6 is 0 Å². The maximum Gasteiger partial charge on any atom is 0.262 e. The molecular formula is C10H13N3O2S. The zero-order valence-corrected chi connectivity index (χ0v) is 9.98. The molecule has 0 aliphatic heterocycles. The quantitative estimate of drug-likeness (QED) is 0.802. The first-order valence-electron chi connectivity index (χ1n) is 4.96. The largest absolute Gasteiger partial charge is 0.262 e. The van der Waals surface area contributed by atoms with Crippen LogP contribution in [0.15, 0.2) is 35.5 Å². The highest BCUT2D eigenvalue weighted by atomic mass is 32.2. The van der Waals surface area contributed by atoms with Gasteiger partial charge in [-0.25, -0.2) is 12.9 Å². The van der Waals surface area contributed by atoms with Gasteiger partial charge in [-0.05, 0) is 12.1 Å². The zero-order chi connectivity index (χ0) is 11.8. The standard InChI is InChI=1S/C10H13N3O2S/c1-3-12(2)16(14,15)10-8-9-6-4-5-7-13(9)11-10/h4-8H,3H2,1-2H3. The number of hydrogen-bond acceptors (Lipinski definition) is 3. The lowest BCUT2D eigenvalue weighted by Gasteiger charge is -2.11. The Morgan fingerprint density at radius 3 is 2.81 bits per heavy atom. The second-order valence-corrected chi connectivity index (χ2v) is 5.46. The number of hydrogen-bond donors (Lipinski definition) is 0. The van der Waals surface area contributed by atoms with Gasteiger partial charge in [0.25, 0.3) is 10.0 Å². The van der Waals surface area contributed by atoms with Gasteiger partial charge in [0.1, 0.15) is 0 Å². The summed E-state index contributed by atoms with van der Waals surface area (Å²) in [6.07, 6.45) is 1.72. The number of pyridine rings is 1. The first kappa shape index (κ1) is 11.1. The minimum absolute atomic E-state index is 0.0862. The van der Waals surface area contributed by atoms with Crippen molar-refractivity contribution in [2.24, 2.45) is 0 Å². The Morgan fingerprint density at radius 2 is 2.19 bits per heavy atom. The third-order valence-electron chi connectivity index (χ3n) is 2.47. The van der Waals surface area contributed by atoms with Crippen molar-refractivity contribution < 1.29 is 8.42 Å². The van der Waals surface area contributed by atoms with Crippen molar-refractivity contribution in [3.05, 3.63) is 30.5 Å². The van der Waals surface area contributed by atoms with E-state index < -0.39 is 10.0 Å². The van der Waals surface area contributed by atoms with Crippen LogP contribution in [0.2, 0.25) is 0 Å². The molecule has 0 spiro atoms. The van der Waals surface area contributed by atoms with E-state index in [2.05, 4.69) is 5.10 Å². The van der Waals surface area contributed by atoms with Crippen molar-refractivity contribution >= 4 is 15.5 Å². The number of fused-ring (bicyclic) bond motifs is 1. The SMILES string of the molecule is CCN(C)S(=O)(=O)c1cc2ccccn2n1. The van der Waals surface area contributed by atoms with Crippen molar-refractivity contribution in [3.63, 3.8) is 0 Å². The first-order valence-corrected chi connectivity index (χ1v) is 6.40. The Kier molecular flexibility index (Phi) is 2.69. The lowest BCUT2D eigenvalue weighted by atomic mass is 10.4. The Balaban J connectivity index is 2.56. The summed E-state index contributed by atoms with van der Waals surface area (Å²) < 4.78 is 26.8. The van der Waals surface area contributed by atoms with Crippen molar-refractivity contribution in [3.8, 4) is 0 Å². The highest BCUT2D eigenvalue weighted by Crippen LogP contribution is 2.14. The number of aromatic nitrogens is 2. The van der Waals surface area contributed by atoms with Crippen LogP contribution in [0.3, 0.4) is 0 Å². The van der Waals surface area contributed by atoms with Crippen LogP contribution in [0.4, 0.5) is 0 Å². The molecule has 0 unspecified atom stereocenters. The lowest BCUT2D eigenvalue weighted by molar-refractivity contribution is 0.482.